The molecular weight excluding hydrogens is 280 g/mol. The first-order valence-corrected chi connectivity index (χ1v) is 8.03. The van der Waals surface area contributed by atoms with Crippen LogP contribution in [0, 0.1) is 18.8 Å². The summed E-state index contributed by atoms with van der Waals surface area (Å²) in [7, 11) is 3.45. The minimum absolute atomic E-state index is 0.114. The van der Waals surface area contributed by atoms with E-state index in [4.69, 9.17) is 4.74 Å². The number of urea groups is 1. The fourth-order valence-corrected chi connectivity index (χ4v) is 3.41. The van der Waals surface area contributed by atoms with E-state index in [1.165, 1.54) is 12.8 Å². The Balaban J connectivity index is 1.88. The van der Waals surface area contributed by atoms with Crippen LogP contribution in [0.25, 0.3) is 0 Å². The van der Waals surface area contributed by atoms with Crippen molar-refractivity contribution in [2.75, 3.05) is 7.11 Å². The molecule has 1 aliphatic rings. The van der Waals surface area contributed by atoms with Gasteiger partial charge in [-0.15, -0.1) is 0 Å². The number of hydrogen-bond acceptors (Lipinski definition) is 3. The first-order chi connectivity index (χ1) is 10.4. The number of carbonyl (C=O) groups is 1. The van der Waals surface area contributed by atoms with Crippen LogP contribution < -0.4 is 15.4 Å². The Hall–Kier alpha value is -1.72. The van der Waals surface area contributed by atoms with E-state index in [0.717, 1.165) is 23.6 Å². The molecular formula is C16H28N4O2. The van der Waals surface area contributed by atoms with Gasteiger partial charge in [0.25, 0.3) is 0 Å². The number of aromatic nitrogens is 2. The third-order valence-electron chi connectivity index (χ3n) is 4.66. The summed E-state index contributed by atoms with van der Waals surface area (Å²) in [6.07, 6.45) is 3.43. The lowest BCUT2D eigenvalue weighted by molar-refractivity contribution is 0.206. The van der Waals surface area contributed by atoms with Gasteiger partial charge in [-0.2, -0.15) is 5.10 Å². The molecule has 0 unspecified atom stereocenters. The molecule has 1 fully saturated rings. The lowest BCUT2D eigenvalue weighted by Crippen LogP contribution is -2.46. The number of rotatable bonds is 4. The van der Waals surface area contributed by atoms with Crippen LogP contribution in [-0.4, -0.2) is 29.0 Å². The Kier molecular flexibility index (Phi) is 5.32. The monoisotopic (exact) mass is 308 g/mol. The lowest BCUT2D eigenvalue weighted by Gasteiger charge is -2.33. The molecule has 1 saturated carbocycles. The molecule has 22 heavy (non-hydrogen) atoms. The maximum Gasteiger partial charge on any atom is 0.315 e. The molecule has 0 aromatic carbocycles. The summed E-state index contributed by atoms with van der Waals surface area (Å²) in [5, 5.41) is 10.3. The number of methoxy groups -OCH3 is 1. The minimum atomic E-state index is -0.114. The Morgan fingerprint density at radius 3 is 2.77 bits per heavy atom. The summed E-state index contributed by atoms with van der Waals surface area (Å²) in [6, 6.07) is 0.157. The third-order valence-corrected chi connectivity index (χ3v) is 4.66. The van der Waals surface area contributed by atoms with E-state index in [0.29, 0.717) is 18.3 Å². The van der Waals surface area contributed by atoms with E-state index < -0.39 is 0 Å². The summed E-state index contributed by atoms with van der Waals surface area (Å²) in [5.41, 5.74) is 1.80. The van der Waals surface area contributed by atoms with Crippen molar-refractivity contribution in [1.29, 1.82) is 0 Å². The van der Waals surface area contributed by atoms with Crippen molar-refractivity contribution < 1.29 is 9.53 Å². The van der Waals surface area contributed by atoms with Crippen LogP contribution in [-0.2, 0) is 13.6 Å². The fraction of sp³-hybridized carbons (Fsp3) is 0.750. The van der Waals surface area contributed by atoms with Gasteiger partial charge in [0.2, 0.25) is 5.88 Å². The zero-order valence-corrected chi connectivity index (χ0v) is 14.3. The Morgan fingerprint density at radius 2 is 2.14 bits per heavy atom. The first-order valence-electron chi connectivity index (χ1n) is 8.03. The van der Waals surface area contributed by atoms with E-state index in [2.05, 4.69) is 29.6 Å². The number of amides is 2. The van der Waals surface area contributed by atoms with Gasteiger partial charge in [-0.1, -0.05) is 13.8 Å². The Morgan fingerprint density at radius 1 is 1.41 bits per heavy atom. The van der Waals surface area contributed by atoms with E-state index in [9.17, 15) is 4.79 Å². The van der Waals surface area contributed by atoms with Gasteiger partial charge in [0.05, 0.1) is 24.9 Å². The average Bonchev–Trinajstić information content (AvgIpc) is 2.73. The van der Waals surface area contributed by atoms with Crippen LogP contribution >= 0.6 is 0 Å². The van der Waals surface area contributed by atoms with Gasteiger partial charge in [-0.25, -0.2) is 9.48 Å². The molecule has 6 heteroatoms. The highest BCUT2D eigenvalue weighted by atomic mass is 16.5. The number of carbonyl (C=O) groups excluding carboxylic acids is 1. The molecule has 1 aromatic rings. The highest BCUT2D eigenvalue weighted by Gasteiger charge is 2.26. The third kappa shape index (κ3) is 3.72. The molecule has 2 rings (SSSR count). The molecule has 0 radical (unpaired) electrons. The number of nitrogens with one attached hydrogen (secondary N) is 2. The standard InChI is InChI=1S/C16H28N4O2/c1-10-6-7-14(11(2)8-10)18-16(21)17-9-13-12(3)19-20(4)15(13)22-5/h10-11,14H,6-9H2,1-5H3,(H2,17,18,21)/t10-,11-,14-/m1/s1. The van der Waals surface area contributed by atoms with Crippen molar-refractivity contribution in [3.63, 3.8) is 0 Å². The lowest BCUT2D eigenvalue weighted by atomic mass is 9.80. The van der Waals surface area contributed by atoms with Gasteiger partial charge >= 0.3 is 6.03 Å². The van der Waals surface area contributed by atoms with Crippen molar-refractivity contribution in [2.24, 2.45) is 18.9 Å². The largest absolute Gasteiger partial charge is 0.481 e. The van der Waals surface area contributed by atoms with Crippen LogP contribution in [0.1, 0.15) is 44.4 Å². The number of hydrogen-bond donors (Lipinski definition) is 2. The second-order valence-electron chi connectivity index (χ2n) is 6.53. The van der Waals surface area contributed by atoms with Crippen LogP contribution in [0.3, 0.4) is 0 Å². The highest BCUT2D eigenvalue weighted by molar-refractivity contribution is 5.74. The fourth-order valence-electron chi connectivity index (χ4n) is 3.41. The van der Waals surface area contributed by atoms with E-state index in [1.54, 1.807) is 11.8 Å². The molecule has 124 valence electrons. The van der Waals surface area contributed by atoms with Crippen molar-refractivity contribution in [2.45, 2.75) is 52.6 Å². The zero-order valence-electron chi connectivity index (χ0n) is 14.3. The Bertz CT molecular complexity index is 526. The first kappa shape index (κ1) is 16.6. The second-order valence-corrected chi connectivity index (χ2v) is 6.53. The molecule has 1 heterocycles. The Labute approximate surface area is 132 Å². The SMILES string of the molecule is COc1c(CNC(=O)N[C@@H]2CC[C@@H](C)C[C@H]2C)c(C)nn1C. The molecule has 0 aliphatic heterocycles. The topological polar surface area (TPSA) is 68.2 Å². The smallest absolute Gasteiger partial charge is 0.315 e. The molecule has 6 nitrogen and oxygen atoms in total. The van der Waals surface area contributed by atoms with E-state index in [-0.39, 0.29) is 12.1 Å². The molecule has 3 atom stereocenters. The normalized spacial score (nSPS) is 24.9. The predicted octanol–water partition coefficient (Wildman–Crippen LogP) is 2.36. The van der Waals surface area contributed by atoms with Crippen molar-refractivity contribution in [3.8, 4) is 5.88 Å². The molecule has 1 aromatic heterocycles. The molecule has 0 bridgehead atoms. The van der Waals surface area contributed by atoms with Crippen molar-refractivity contribution in [3.05, 3.63) is 11.3 Å². The molecule has 0 spiro atoms. The number of aryl methyl sites for hydroxylation is 2. The van der Waals surface area contributed by atoms with Gasteiger partial charge in [-0.3, -0.25) is 0 Å². The van der Waals surface area contributed by atoms with E-state index in [1.807, 2.05) is 14.0 Å². The van der Waals surface area contributed by atoms with E-state index >= 15 is 0 Å². The molecule has 0 saturated heterocycles. The summed E-state index contributed by atoms with van der Waals surface area (Å²) < 4.78 is 7.03. The number of ether oxygens (including phenoxy) is 1. The molecule has 2 amide bonds. The van der Waals surface area contributed by atoms with Gasteiger partial charge in [0, 0.05) is 13.1 Å². The summed E-state index contributed by atoms with van der Waals surface area (Å²) in [6.45, 7) is 6.84. The van der Waals surface area contributed by atoms with Crippen LogP contribution in [0.15, 0.2) is 0 Å². The quantitative estimate of drug-likeness (QED) is 0.897. The number of nitrogens with zero attached hydrogens (tertiary/aromatic N) is 2. The summed E-state index contributed by atoms with van der Waals surface area (Å²) >= 11 is 0. The average molecular weight is 308 g/mol. The predicted molar refractivity (Wildman–Crippen MR) is 85.8 cm³/mol. The van der Waals surface area contributed by atoms with Gasteiger partial charge in [0.15, 0.2) is 0 Å². The maximum absolute atomic E-state index is 12.1. The van der Waals surface area contributed by atoms with Crippen LogP contribution in [0.2, 0.25) is 0 Å². The van der Waals surface area contributed by atoms with Crippen LogP contribution in [0.5, 0.6) is 5.88 Å². The summed E-state index contributed by atoms with van der Waals surface area (Å²) in [4.78, 5) is 12.1. The highest BCUT2D eigenvalue weighted by Crippen LogP contribution is 2.28. The molecule has 1 aliphatic carbocycles. The van der Waals surface area contributed by atoms with Crippen molar-refractivity contribution >= 4 is 6.03 Å². The van der Waals surface area contributed by atoms with Gasteiger partial charge in [-0.05, 0) is 38.0 Å². The minimum Gasteiger partial charge on any atom is -0.481 e. The zero-order chi connectivity index (χ0) is 16.3. The second kappa shape index (κ2) is 7.03. The van der Waals surface area contributed by atoms with Crippen molar-refractivity contribution in [1.82, 2.24) is 20.4 Å². The van der Waals surface area contributed by atoms with Gasteiger partial charge in [0.1, 0.15) is 0 Å². The molecule has 2 N–H and O–H groups in total. The summed E-state index contributed by atoms with van der Waals surface area (Å²) in [5.74, 6) is 1.99. The maximum atomic E-state index is 12.1. The van der Waals surface area contributed by atoms with Crippen LogP contribution in [0.4, 0.5) is 4.79 Å². The van der Waals surface area contributed by atoms with Gasteiger partial charge < -0.3 is 15.4 Å².